The van der Waals surface area contributed by atoms with Gasteiger partial charge in [0.15, 0.2) is 11.3 Å². The molecule has 0 aromatic heterocycles. The van der Waals surface area contributed by atoms with Crippen LogP contribution in [-0.4, -0.2) is 28.5 Å². The fourth-order valence-corrected chi connectivity index (χ4v) is 7.16. The van der Waals surface area contributed by atoms with Crippen LogP contribution in [0.4, 0.5) is 5.69 Å². The first-order valence-electron chi connectivity index (χ1n) is 14.9. The molecule has 5 nitrogen and oxygen atoms in total. The van der Waals surface area contributed by atoms with Crippen molar-refractivity contribution in [1.29, 1.82) is 0 Å². The molecule has 1 fully saturated rings. The van der Waals surface area contributed by atoms with Gasteiger partial charge in [-0.05, 0) is 48.1 Å². The molecular formula is C37H36N2O3. The highest BCUT2D eigenvalue weighted by molar-refractivity contribution is 6.15. The number of rotatable bonds is 7. The number of Topliss-reactive ketones (excluding diaryl/α,β-unsaturated/α-hetero) is 1. The van der Waals surface area contributed by atoms with E-state index in [9.17, 15) is 14.4 Å². The molecular weight excluding hydrogens is 520 g/mol. The summed E-state index contributed by atoms with van der Waals surface area (Å²) in [5, 5.41) is 3.08. The Balaban J connectivity index is 1.67. The molecule has 5 heteroatoms. The lowest BCUT2D eigenvalue weighted by Crippen LogP contribution is -2.56. The molecule has 1 spiro atoms. The predicted octanol–water partition coefficient (Wildman–Crippen LogP) is 7.25. The molecule has 0 aliphatic carbocycles. The number of carbonyl (C=O) groups is 3. The largest absolute Gasteiger partial charge is 0.323 e. The maximum atomic E-state index is 14.9. The van der Waals surface area contributed by atoms with Crippen LogP contribution in [0.1, 0.15) is 70.5 Å². The molecule has 1 N–H and O–H groups in total. The molecule has 0 radical (unpaired) electrons. The van der Waals surface area contributed by atoms with Gasteiger partial charge < -0.3 is 10.2 Å². The van der Waals surface area contributed by atoms with Crippen LogP contribution in [-0.2, 0) is 16.8 Å². The highest BCUT2D eigenvalue weighted by Crippen LogP contribution is 2.60. The van der Waals surface area contributed by atoms with Gasteiger partial charge in [0.1, 0.15) is 0 Å². The lowest BCUT2D eigenvalue weighted by molar-refractivity contribution is -0.127. The number of carbonyl (C=O) groups excluding carboxylic acids is 3. The van der Waals surface area contributed by atoms with Crippen molar-refractivity contribution in [3.05, 3.63) is 137 Å². The summed E-state index contributed by atoms with van der Waals surface area (Å²) in [5.41, 5.74) is 2.92. The van der Waals surface area contributed by atoms with Gasteiger partial charge in [0.2, 0.25) is 0 Å². The topological polar surface area (TPSA) is 66.5 Å². The SMILES string of the molecule is CCc1ccc(C(=O)N2C(CC(C)C)C(c3ccccc3)C(C(=O)c3ccccc3)C23C(=O)Nc2ccccc23)cc1. The van der Waals surface area contributed by atoms with E-state index < -0.39 is 23.4 Å². The van der Waals surface area contributed by atoms with Gasteiger partial charge in [0.05, 0.1) is 5.92 Å². The quantitative estimate of drug-likeness (QED) is 0.244. The van der Waals surface area contributed by atoms with E-state index in [-0.39, 0.29) is 23.5 Å². The molecule has 2 aliphatic heterocycles. The van der Waals surface area contributed by atoms with Crippen molar-refractivity contribution in [1.82, 2.24) is 4.90 Å². The highest BCUT2D eigenvalue weighted by atomic mass is 16.2. The summed E-state index contributed by atoms with van der Waals surface area (Å²) in [6.45, 7) is 6.33. The number of fused-ring (bicyclic) bond motifs is 2. The van der Waals surface area contributed by atoms with Gasteiger partial charge in [-0.3, -0.25) is 14.4 Å². The molecule has 2 amide bonds. The van der Waals surface area contributed by atoms with Crippen molar-refractivity contribution in [2.45, 2.75) is 51.1 Å². The Morgan fingerprint density at radius 2 is 1.43 bits per heavy atom. The number of hydrogen-bond donors (Lipinski definition) is 1. The van der Waals surface area contributed by atoms with Crippen LogP contribution in [0.25, 0.3) is 0 Å². The fourth-order valence-electron chi connectivity index (χ4n) is 7.16. The first-order chi connectivity index (χ1) is 20.4. The van der Waals surface area contributed by atoms with Crippen LogP contribution in [0, 0.1) is 11.8 Å². The summed E-state index contributed by atoms with van der Waals surface area (Å²) < 4.78 is 0. The second-order valence-electron chi connectivity index (χ2n) is 11.8. The molecule has 4 aromatic rings. The van der Waals surface area contributed by atoms with Crippen LogP contribution >= 0.6 is 0 Å². The first kappa shape index (κ1) is 27.6. The van der Waals surface area contributed by atoms with Crippen molar-refractivity contribution in [2.75, 3.05) is 5.32 Å². The van der Waals surface area contributed by atoms with E-state index in [2.05, 4.69) is 26.1 Å². The zero-order valence-corrected chi connectivity index (χ0v) is 24.3. The van der Waals surface area contributed by atoms with Crippen LogP contribution in [0.15, 0.2) is 109 Å². The van der Waals surface area contributed by atoms with E-state index in [1.807, 2.05) is 109 Å². The molecule has 212 valence electrons. The Labute approximate surface area is 247 Å². The first-order valence-corrected chi connectivity index (χ1v) is 14.9. The Morgan fingerprint density at radius 1 is 0.810 bits per heavy atom. The summed E-state index contributed by atoms with van der Waals surface area (Å²) >= 11 is 0. The van der Waals surface area contributed by atoms with E-state index in [4.69, 9.17) is 0 Å². The summed E-state index contributed by atoms with van der Waals surface area (Å²) in [4.78, 5) is 46.1. The van der Waals surface area contributed by atoms with E-state index in [1.165, 1.54) is 0 Å². The second kappa shape index (κ2) is 11.1. The summed E-state index contributed by atoms with van der Waals surface area (Å²) in [6, 6.07) is 33.9. The number of benzene rings is 4. The van der Waals surface area contributed by atoms with Gasteiger partial charge in [-0.1, -0.05) is 112 Å². The third-order valence-corrected chi connectivity index (χ3v) is 8.93. The molecule has 2 heterocycles. The Morgan fingerprint density at radius 3 is 2.07 bits per heavy atom. The van der Waals surface area contributed by atoms with E-state index >= 15 is 0 Å². The molecule has 1 saturated heterocycles. The number of anilines is 1. The molecule has 42 heavy (non-hydrogen) atoms. The van der Waals surface area contributed by atoms with Crippen molar-refractivity contribution < 1.29 is 14.4 Å². The van der Waals surface area contributed by atoms with E-state index in [0.717, 1.165) is 17.5 Å². The van der Waals surface area contributed by atoms with E-state index in [1.54, 1.807) is 4.90 Å². The summed E-state index contributed by atoms with van der Waals surface area (Å²) in [7, 11) is 0. The van der Waals surface area contributed by atoms with Gasteiger partial charge >= 0.3 is 0 Å². The third-order valence-electron chi connectivity index (χ3n) is 8.93. The number of likely N-dealkylation sites (tertiary alicyclic amines) is 1. The molecule has 0 bridgehead atoms. The lowest BCUT2D eigenvalue weighted by Gasteiger charge is -2.39. The van der Waals surface area contributed by atoms with Crippen LogP contribution in [0.2, 0.25) is 0 Å². The smallest absolute Gasteiger partial charge is 0.255 e. The number of nitrogens with one attached hydrogen (secondary N) is 1. The standard InChI is InChI=1S/C37H36N2O3/c1-4-25-19-21-28(22-20-25)35(41)39-31(23-24(2)3)32(26-13-7-5-8-14-26)33(34(40)27-15-9-6-10-16-27)37(39)29-17-11-12-18-30(29)38-36(37)42/h5-22,24,31-33H,4,23H2,1-3H3,(H,38,42). The van der Waals surface area contributed by atoms with Crippen LogP contribution < -0.4 is 5.32 Å². The average Bonchev–Trinajstić information content (AvgIpc) is 3.48. The number of ketones is 1. The number of aryl methyl sites for hydroxylation is 1. The maximum Gasteiger partial charge on any atom is 0.255 e. The van der Waals surface area contributed by atoms with Gasteiger partial charge in [0.25, 0.3) is 11.8 Å². The molecule has 2 aliphatic rings. The Kier molecular flexibility index (Phi) is 7.28. The molecule has 4 unspecified atom stereocenters. The monoisotopic (exact) mass is 556 g/mol. The van der Waals surface area contributed by atoms with E-state index in [0.29, 0.717) is 28.8 Å². The minimum Gasteiger partial charge on any atom is -0.323 e. The zero-order valence-electron chi connectivity index (χ0n) is 24.3. The normalized spacial score (nSPS) is 22.8. The van der Waals surface area contributed by atoms with Gasteiger partial charge in [-0.25, -0.2) is 0 Å². The lowest BCUT2D eigenvalue weighted by atomic mass is 9.69. The Hall–Kier alpha value is -4.51. The number of amides is 2. The molecule has 6 rings (SSSR count). The fraction of sp³-hybridized carbons (Fsp3) is 0.270. The van der Waals surface area contributed by atoms with Crippen molar-refractivity contribution in [3.63, 3.8) is 0 Å². The second-order valence-corrected chi connectivity index (χ2v) is 11.8. The van der Waals surface area contributed by atoms with Gasteiger partial charge in [0, 0.05) is 34.3 Å². The van der Waals surface area contributed by atoms with Crippen LogP contribution in [0.3, 0.4) is 0 Å². The maximum absolute atomic E-state index is 14.9. The average molecular weight is 557 g/mol. The zero-order chi connectivity index (χ0) is 29.4. The van der Waals surface area contributed by atoms with Crippen molar-refractivity contribution in [2.24, 2.45) is 11.8 Å². The van der Waals surface area contributed by atoms with Crippen molar-refractivity contribution >= 4 is 23.3 Å². The summed E-state index contributed by atoms with van der Waals surface area (Å²) in [6.07, 6.45) is 1.49. The number of nitrogens with zero attached hydrogens (tertiary/aromatic N) is 1. The Bertz CT molecular complexity index is 1610. The highest BCUT2D eigenvalue weighted by Gasteiger charge is 2.70. The van der Waals surface area contributed by atoms with Gasteiger partial charge in [-0.2, -0.15) is 0 Å². The van der Waals surface area contributed by atoms with Crippen molar-refractivity contribution in [3.8, 4) is 0 Å². The third kappa shape index (κ3) is 4.35. The predicted molar refractivity (Wildman–Crippen MR) is 165 cm³/mol. The number of hydrogen-bond acceptors (Lipinski definition) is 3. The molecule has 4 atom stereocenters. The molecule has 0 saturated carbocycles. The minimum absolute atomic E-state index is 0.137. The minimum atomic E-state index is -1.52. The summed E-state index contributed by atoms with van der Waals surface area (Å²) in [5.74, 6) is -1.74. The van der Waals surface area contributed by atoms with Gasteiger partial charge in [-0.15, -0.1) is 0 Å². The number of para-hydroxylation sites is 1. The van der Waals surface area contributed by atoms with Crippen LogP contribution in [0.5, 0.6) is 0 Å². The molecule has 4 aromatic carbocycles.